The van der Waals surface area contributed by atoms with Crippen LogP contribution >= 0.6 is 40.2 Å². The number of rotatable bonds is 0. The molecule has 0 aliphatic carbocycles. The van der Waals surface area contributed by atoms with Crippen LogP contribution < -0.4 is 0 Å². The van der Waals surface area contributed by atoms with E-state index in [1.807, 2.05) is 0 Å². The Kier molecular flexibility index (Phi) is 2.84. The molecule has 0 saturated carbocycles. The Bertz CT molecular complexity index is 19.1. The van der Waals surface area contributed by atoms with Crippen molar-refractivity contribution in [3.8, 4) is 0 Å². The van der Waals surface area contributed by atoms with Crippen LogP contribution in [0.2, 0.25) is 0 Å². The van der Waals surface area contributed by atoms with E-state index in [1.54, 1.807) is 0 Å². The van der Waals surface area contributed by atoms with Crippen molar-refractivity contribution in [3.63, 3.8) is 0 Å². The second-order valence-corrected chi connectivity index (χ2v) is 13.0. The molecule has 0 radical (unpaired) electrons. The van der Waals surface area contributed by atoms with Crippen LogP contribution in [-0.2, 0) is 9.39 Å². The summed E-state index contributed by atoms with van der Waals surface area (Å²) in [5.41, 5.74) is 0. The molecule has 0 nitrogen and oxygen atoms in total. The van der Waals surface area contributed by atoms with E-state index >= 15 is 0 Å². The molecule has 0 bridgehead atoms. The molecule has 0 aromatic carbocycles. The van der Waals surface area contributed by atoms with Crippen molar-refractivity contribution in [1.29, 1.82) is 0 Å². The summed E-state index contributed by atoms with van der Waals surface area (Å²) >= 11 is 0. The zero-order chi connectivity index (χ0) is 4.50. The van der Waals surface area contributed by atoms with Gasteiger partial charge >= 0.3 is 49.6 Å². The number of hydrogen-bond donors (Lipinski definition) is 0. The van der Waals surface area contributed by atoms with Gasteiger partial charge in [-0.15, -0.1) is 0 Å². The quantitative estimate of drug-likeness (QED) is 0.555. The molecule has 5 heavy (non-hydrogen) atoms. The van der Waals surface area contributed by atoms with Gasteiger partial charge in [-0.2, -0.15) is 0 Å². The van der Waals surface area contributed by atoms with Gasteiger partial charge in [0.25, 0.3) is 0 Å². The number of halogens is 4. The van der Waals surface area contributed by atoms with Crippen molar-refractivity contribution in [1.82, 2.24) is 0 Å². The van der Waals surface area contributed by atoms with Gasteiger partial charge in [-0.3, -0.25) is 0 Å². The van der Waals surface area contributed by atoms with Crippen LogP contribution in [-0.4, -0.2) is 0 Å². The van der Waals surface area contributed by atoms with E-state index in [1.165, 1.54) is 0 Å². The monoisotopic (exact) mass is 192 g/mol. The molecule has 0 aliphatic heterocycles. The second kappa shape index (κ2) is 2.12. The molecule has 0 aromatic rings. The Hall–Kier alpha value is 1.69. The Labute approximate surface area is 49.5 Å². The maximum atomic E-state index is 4.98. The molecule has 0 atom stereocenters. The van der Waals surface area contributed by atoms with Gasteiger partial charge in [0.05, 0.1) is 0 Å². The van der Waals surface area contributed by atoms with Crippen molar-refractivity contribution < 1.29 is 9.39 Å². The van der Waals surface area contributed by atoms with Gasteiger partial charge in [0, 0.05) is 0 Å². The molecular weight excluding hydrogens is 194 g/mol. The summed E-state index contributed by atoms with van der Waals surface area (Å²) in [5, 5.41) is 0. The molecular formula is Cl4Cr-. The maximum absolute atomic E-state index is 4.98. The molecule has 0 N–H and O–H groups in total. The van der Waals surface area contributed by atoms with E-state index in [9.17, 15) is 0 Å². The van der Waals surface area contributed by atoms with Crippen molar-refractivity contribution >= 4 is 40.2 Å². The zero-order valence-electron chi connectivity index (χ0n) is 1.92. The van der Waals surface area contributed by atoms with Crippen molar-refractivity contribution in [2.75, 3.05) is 0 Å². The van der Waals surface area contributed by atoms with Gasteiger partial charge in [-0.1, -0.05) is 0 Å². The van der Waals surface area contributed by atoms with Crippen LogP contribution in [0.15, 0.2) is 0 Å². The molecule has 35 valence electrons. The molecule has 0 amide bonds. The van der Waals surface area contributed by atoms with E-state index in [2.05, 4.69) is 0 Å². The standard InChI is InChI=1S/4ClH.Cr/h4*1H;/q;;;;+3/p-4. The average molecular weight is 194 g/mol. The van der Waals surface area contributed by atoms with Crippen LogP contribution in [0.1, 0.15) is 0 Å². The Morgan fingerprint density at radius 3 is 0.800 bits per heavy atom. The van der Waals surface area contributed by atoms with Crippen LogP contribution in [0.4, 0.5) is 0 Å². The fraction of sp³-hybridized carbons (Fsp3) is 0. The van der Waals surface area contributed by atoms with Gasteiger partial charge in [-0.05, 0) is 0 Å². The van der Waals surface area contributed by atoms with E-state index in [4.69, 9.17) is 40.2 Å². The summed E-state index contributed by atoms with van der Waals surface area (Å²) in [6.07, 6.45) is 0. The Morgan fingerprint density at radius 1 is 0.800 bits per heavy atom. The first-order valence-electron chi connectivity index (χ1n) is 0.617. The molecule has 0 heterocycles. The number of hydrogen-bond acceptors (Lipinski definition) is 0. The summed E-state index contributed by atoms with van der Waals surface area (Å²) < 4.78 is 0. The van der Waals surface area contributed by atoms with Gasteiger partial charge in [0.15, 0.2) is 0 Å². The first-order chi connectivity index (χ1) is 2.00. The third kappa shape index (κ3) is 27.1. The van der Waals surface area contributed by atoms with Crippen molar-refractivity contribution in [2.24, 2.45) is 0 Å². The zero-order valence-corrected chi connectivity index (χ0v) is 6.22. The average Bonchev–Trinajstić information content (AvgIpc) is 0.722. The van der Waals surface area contributed by atoms with Gasteiger partial charge in [0.2, 0.25) is 0 Å². The van der Waals surface area contributed by atoms with E-state index in [0.29, 0.717) is 0 Å². The van der Waals surface area contributed by atoms with Crippen molar-refractivity contribution in [2.45, 2.75) is 0 Å². The topological polar surface area (TPSA) is 0 Å². The molecule has 5 heteroatoms. The van der Waals surface area contributed by atoms with E-state index < -0.39 is 9.39 Å². The minimum atomic E-state index is -2.86. The first-order valence-corrected chi connectivity index (χ1v) is 7.63. The SMILES string of the molecule is [Cl][Cr-]([Cl])([Cl])[Cl]. The van der Waals surface area contributed by atoms with Gasteiger partial charge in [0.1, 0.15) is 0 Å². The molecule has 0 spiro atoms. The molecule has 0 aliphatic rings. The van der Waals surface area contributed by atoms with E-state index in [-0.39, 0.29) is 0 Å². The van der Waals surface area contributed by atoms with Crippen LogP contribution in [0.5, 0.6) is 0 Å². The summed E-state index contributed by atoms with van der Waals surface area (Å²) in [5.74, 6) is 0. The summed E-state index contributed by atoms with van der Waals surface area (Å²) in [6, 6.07) is 0. The fourth-order valence-electron chi connectivity index (χ4n) is 0. The minimum absolute atomic E-state index is 2.86. The third-order valence-corrected chi connectivity index (χ3v) is 0. The van der Waals surface area contributed by atoms with Gasteiger partial charge < -0.3 is 0 Å². The molecule has 0 unspecified atom stereocenters. The molecule has 0 rings (SSSR count). The fourth-order valence-corrected chi connectivity index (χ4v) is 0. The van der Waals surface area contributed by atoms with E-state index in [0.717, 1.165) is 0 Å². The predicted octanol–water partition coefficient (Wildman–Crippen LogP) is 2.76. The van der Waals surface area contributed by atoms with Crippen LogP contribution in [0, 0.1) is 0 Å². The summed E-state index contributed by atoms with van der Waals surface area (Å²) in [7, 11) is 17.1. The Balaban J connectivity index is 3.02. The Morgan fingerprint density at radius 2 is 0.800 bits per heavy atom. The first kappa shape index (κ1) is 6.69. The van der Waals surface area contributed by atoms with Gasteiger partial charge in [-0.25, -0.2) is 0 Å². The molecule has 0 fully saturated rings. The summed E-state index contributed by atoms with van der Waals surface area (Å²) in [6.45, 7) is 0. The predicted molar refractivity (Wildman–Crippen MR) is 23.4 cm³/mol. The second-order valence-electron chi connectivity index (χ2n) is 0.350. The van der Waals surface area contributed by atoms with Crippen molar-refractivity contribution in [3.05, 3.63) is 0 Å². The van der Waals surface area contributed by atoms with Crippen LogP contribution in [0.25, 0.3) is 0 Å². The molecule has 0 aromatic heterocycles. The molecule has 0 saturated heterocycles. The van der Waals surface area contributed by atoms with Crippen LogP contribution in [0.3, 0.4) is 0 Å². The summed E-state index contributed by atoms with van der Waals surface area (Å²) in [4.78, 5) is 0. The third-order valence-electron chi connectivity index (χ3n) is 0. The normalized spacial score (nSPS) is 15.2.